The standard InChI is InChI=1S/C30H37N7O5S/c1-20-32-28(34-42-20)21-8-5-10-23(16-21)43(39,40)36-18-24(25(31)19-36)30(38)35-13-6-9-22(17-35)29-33-26-11-3-4-12-27(26)37(29)14-7-15-41-2/h3-5,8,10-12,16,22,24-25H,6-7,9,13-15,17-19,31H2,1-2H3/t22?,24-,25-/m1/s1. The van der Waals surface area contributed by atoms with Gasteiger partial charge in [0.1, 0.15) is 5.82 Å². The van der Waals surface area contributed by atoms with Gasteiger partial charge in [-0.05, 0) is 43.5 Å². The molecule has 43 heavy (non-hydrogen) atoms. The molecule has 0 saturated carbocycles. The first-order valence-corrected chi connectivity index (χ1v) is 16.1. The fraction of sp³-hybridized carbons (Fsp3) is 0.467. The molecule has 228 valence electrons. The number of rotatable bonds is 9. The number of aromatic nitrogens is 4. The zero-order valence-electron chi connectivity index (χ0n) is 24.4. The third kappa shape index (κ3) is 5.81. The topological polar surface area (TPSA) is 150 Å². The van der Waals surface area contributed by atoms with Gasteiger partial charge in [-0.1, -0.05) is 29.4 Å². The number of piperidine rings is 1. The number of carbonyl (C=O) groups is 1. The van der Waals surface area contributed by atoms with Crippen molar-refractivity contribution in [2.45, 2.75) is 49.6 Å². The van der Waals surface area contributed by atoms with Crippen molar-refractivity contribution in [2.24, 2.45) is 11.7 Å². The van der Waals surface area contributed by atoms with Crippen LogP contribution in [-0.2, 0) is 26.1 Å². The molecule has 13 heteroatoms. The number of nitrogens with two attached hydrogens (primary N) is 1. The molecule has 4 heterocycles. The van der Waals surface area contributed by atoms with E-state index in [0.717, 1.165) is 42.7 Å². The highest BCUT2D eigenvalue weighted by atomic mass is 32.2. The molecule has 0 radical (unpaired) electrons. The van der Waals surface area contributed by atoms with Gasteiger partial charge in [0, 0.05) is 70.9 Å². The number of amides is 1. The molecule has 1 unspecified atom stereocenters. The number of carbonyl (C=O) groups excluding carboxylic acids is 1. The Kier molecular flexibility index (Phi) is 8.32. The van der Waals surface area contributed by atoms with Gasteiger partial charge in [0.05, 0.1) is 21.8 Å². The number of methoxy groups -OCH3 is 1. The van der Waals surface area contributed by atoms with Crippen LogP contribution in [0.5, 0.6) is 0 Å². The van der Waals surface area contributed by atoms with Crippen molar-refractivity contribution in [1.82, 2.24) is 28.9 Å². The first kappa shape index (κ1) is 29.4. The van der Waals surface area contributed by atoms with Crippen LogP contribution < -0.4 is 5.73 Å². The summed E-state index contributed by atoms with van der Waals surface area (Å²) in [5.74, 6) is 1.02. The predicted molar refractivity (Wildman–Crippen MR) is 159 cm³/mol. The minimum absolute atomic E-state index is 0.0323. The van der Waals surface area contributed by atoms with Gasteiger partial charge in [-0.15, -0.1) is 0 Å². The number of likely N-dealkylation sites (tertiary alicyclic amines) is 1. The molecule has 3 atom stereocenters. The summed E-state index contributed by atoms with van der Waals surface area (Å²) in [7, 11) is -2.20. The summed E-state index contributed by atoms with van der Waals surface area (Å²) in [6.45, 7) is 4.34. The number of fused-ring (bicyclic) bond motifs is 1. The number of para-hydroxylation sites is 2. The van der Waals surface area contributed by atoms with Crippen LogP contribution in [0.2, 0.25) is 0 Å². The Labute approximate surface area is 250 Å². The molecule has 0 spiro atoms. The maximum atomic E-state index is 13.9. The van der Waals surface area contributed by atoms with E-state index in [1.54, 1.807) is 26.2 Å². The molecule has 1 amide bonds. The number of ether oxygens (including phenoxy) is 1. The van der Waals surface area contributed by atoms with Crippen LogP contribution in [0.25, 0.3) is 22.4 Å². The van der Waals surface area contributed by atoms with Crippen LogP contribution in [0.3, 0.4) is 0 Å². The Morgan fingerprint density at radius 1 is 1.12 bits per heavy atom. The van der Waals surface area contributed by atoms with E-state index in [2.05, 4.69) is 20.8 Å². The van der Waals surface area contributed by atoms with Crippen molar-refractivity contribution >= 4 is 27.0 Å². The number of aryl methyl sites for hydroxylation is 2. The molecule has 2 saturated heterocycles. The molecule has 2 aromatic carbocycles. The maximum Gasteiger partial charge on any atom is 0.243 e. The smallest absolute Gasteiger partial charge is 0.243 e. The monoisotopic (exact) mass is 607 g/mol. The molecule has 4 aromatic rings. The fourth-order valence-electron chi connectivity index (χ4n) is 6.24. The first-order chi connectivity index (χ1) is 20.8. The van der Waals surface area contributed by atoms with Gasteiger partial charge in [0.25, 0.3) is 0 Å². The van der Waals surface area contributed by atoms with Crippen LogP contribution in [0.15, 0.2) is 57.9 Å². The normalized spacial score (nSPS) is 21.6. The number of benzene rings is 2. The van der Waals surface area contributed by atoms with E-state index in [0.29, 0.717) is 37.0 Å². The zero-order chi connectivity index (χ0) is 30.1. The lowest BCUT2D eigenvalue weighted by Crippen LogP contribution is -2.47. The average molecular weight is 608 g/mol. The van der Waals surface area contributed by atoms with E-state index in [9.17, 15) is 13.2 Å². The minimum Gasteiger partial charge on any atom is -0.385 e. The lowest BCUT2D eigenvalue weighted by atomic mass is 9.94. The lowest BCUT2D eigenvalue weighted by molar-refractivity contribution is -0.136. The number of hydrogen-bond donors (Lipinski definition) is 1. The number of nitrogens with zero attached hydrogens (tertiary/aromatic N) is 6. The summed E-state index contributed by atoms with van der Waals surface area (Å²) in [5, 5.41) is 3.89. The Balaban J connectivity index is 1.18. The van der Waals surface area contributed by atoms with Gasteiger partial charge in [-0.3, -0.25) is 4.79 Å². The third-order valence-electron chi connectivity index (χ3n) is 8.42. The molecular weight excluding hydrogens is 570 g/mol. The van der Waals surface area contributed by atoms with E-state index < -0.39 is 22.0 Å². The summed E-state index contributed by atoms with van der Waals surface area (Å²) in [4.78, 5) is 25.0. The molecule has 2 aliphatic heterocycles. The number of imidazole rings is 1. The van der Waals surface area contributed by atoms with E-state index in [1.165, 1.54) is 16.4 Å². The molecule has 0 aliphatic carbocycles. The van der Waals surface area contributed by atoms with E-state index in [1.807, 2.05) is 23.1 Å². The second kappa shape index (κ2) is 12.2. The van der Waals surface area contributed by atoms with Gasteiger partial charge in [0.15, 0.2) is 0 Å². The first-order valence-electron chi connectivity index (χ1n) is 14.7. The lowest BCUT2D eigenvalue weighted by Gasteiger charge is -2.35. The fourth-order valence-corrected chi connectivity index (χ4v) is 7.79. The van der Waals surface area contributed by atoms with Crippen LogP contribution in [-0.4, -0.2) is 89.2 Å². The van der Waals surface area contributed by atoms with Crippen molar-refractivity contribution in [3.8, 4) is 11.4 Å². The molecule has 2 aromatic heterocycles. The summed E-state index contributed by atoms with van der Waals surface area (Å²) in [6.07, 6.45) is 2.62. The van der Waals surface area contributed by atoms with Gasteiger partial charge in [0.2, 0.25) is 27.6 Å². The van der Waals surface area contributed by atoms with Crippen LogP contribution in [0.1, 0.15) is 36.9 Å². The quantitative estimate of drug-likeness (QED) is 0.283. The Morgan fingerprint density at radius 2 is 1.95 bits per heavy atom. The molecule has 6 rings (SSSR count). The Morgan fingerprint density at radius 3 is 2.74 bits per heavy atom. The molecule has 0 bridgehead atoms. The third-order valence-corrected chi connectivity index (χ3v) is 10.2. The highest BCUT2D eigenvalue weighted by Gasteiger charge is 2.43. The van der Waals surface area contributed by atoms with E-state index in [4.69, 9.17) is 20.0 Å². The Hall–Kier alpha value is -3.65. The van der Waals surface area contributed by atoms with Crippen LogP contribution in [0.4, 0.5) is 0 Å². The SMILES string of the molecule is COCCCn1c(C2CCCN(C(=O)[C@@H]3CN(S(=O)(=O)c4cccc(-c5noc(C)n5)c4)C[C@H]3N)C2)nc2ccccc21. The summed E-state index contributed by atoms with van der Waals surface area (Å²) in [5.41, 5.74) is 9.00. The maximum absolute atomic E-state index is 13.9. The molecule has 12 nitrogen and oxygen atoms in total. The second-order valence-electron chi connectivity index (χ2n) is 11.3. The minimum atomic E-state index is -3.90. The van der Waals surface area contributed by atoms with Gasteiger partial charge in [-0.25, -0.2) is 13.4 Å². The average Bonchev–Trinajstić information content (AvgIpc) is 3.74. The molecular formula is C30H37N7O5S. The summed E-state index contributed by atoms with van der Waals surface area (Å²) in [6, 6.07) is 13.9. The number of sulfonamides is 1. The van der Waals surface area contributed by atoms with Gasteiger partial charge >= 0.3 is 0 Å². The molecule has 2 aliphatic rings. The summed E-state index contributed by atoms with van der Waals surface area (Å²) < 4.78 is 41.2. The molecule has 2 N–H and O–H groups in total. The van der Waals surface area contributed by atoms with Gasteiger partial charge in [-0.2, -0.15) is 9.29 Å². The second-order valence-corrected chi connectivity index (χ2v) is 13.3. The van der Waals surface area contributed by atoms with Crippen molar-refractivity contribution in [2.75, 3.05) is 39.9 Å². The van der Waals surface area contributed by atoms with Crippen molar-refractivity contribution < 1.29 is 22.5 Å². The van der Waals surface area contributed by atoms with E-state index in [-0.39, 0.29) is 29.8 Å². The Bertz CT molecular complexity index is 1720. The van der Waals surface area contributed by atoms with Crippen LogP contribution in [0, 0.1) is 12.8 Å². The van der Waals surface area contributed by atoms with Gasteiger partial charge < -0.3 is 24.5 Å². The zero-order valence-corrected chi connectivity index (χ0v) is 25.2. The predicted octanol–water partition coefficient (Wildman–Crippen LogP) is 2.79. The highest BCUT2D eigenvalue weighted by molar-refractivity contribution is 7.89. The molecule has 2 fully saturated rings. The highest BCUT2D eigenvalue weighted by Crippen LogP contribution is 2.32. The summed E-state index contributed by atoms with van der Waals surface area (Å²) >= 11 is 0. The van der Waals surface area contributed by atoms with Crippen molar-refractivity contribution in [3.63, 3.8) is 0 Å². The number of hydrogen-bond acceptors (Lipinski definition) is 9. The van der Waals surface area contributed by atoms with E-state index >= 15 is 0 Å². The van der Waals surface area contributed by atoms with Crippen LogP contribution >= 0.6 is 0 Å². The van der Waals surface area contributed by atoms with Crippen molar-refractivity contribution in [1.29, 1.82) is 0 Å². The van der Waals surface area contributed by atoms with Crippen molar-refractivity contribution in [3.05, 3.63) is 60.2 Å². The largest absolute Gasteiger partial charge is 0.385 e.